The van der Waals surface area contributed by atoms with Crippen LogP contribution in [0, 0.1) is 11.8 Å². The van der Waals surface area contributed by atoms with Gasteiger partial charge in [-0.3, -0.25) is 0 Å². The molecule has 1 aliphatic rings. The number of rotatable bonds is 5. The van der Waals surface area contributed by atoms with Crippen LogP contribution < -0.4 is 34.7 Å². The SMILES string of the molecule is O=C([O-])CCCC#CCOC1CCCCO1.[Na+]. The van der Waals surface area contributed by atoms with E-state index in [2.05, 4.69) is 11.8 Å². The van der Waals surface area contributed by atoms with Crippen molar-refractivity contribution in [2.24, 2.45) is 0 Å². The molecule has 5 heteroatoms. The Bertz CT molecular complexity index is 263. The molecule has 0 aromatic rings. The van der Waals surface area contributed by atoms with E-state index in [-0.39, 0.29) is 42.3 Å². The second-order valence-electron chi connectivity index (χ2n) is 3.69. The summed E-state index contributed by atoms with van der Waals surface area (Å²) in [4.78, 5) is 10.1. The molecule has 0 radical (unpaired) electrons. The normalized spacial score (nSPS) is 18.7. The van der Waals surface area contributed by atoms with Crippen LogP contribution in [-0.2, 0) is 14.3 Å². The number of aliphatic carboxylic acids is 1. The van der Waals surface area contributed by atoms with Gasteiger partial charge in [0.2, 0.25) is 0 Å². The maximum Gasteiger partial charge on any atom is 1.00 e. The zero-order chi connectivity index (χ0) is 11.6. The first-order valence-electron chi connectivity index (χ1n) is 5.68. The van der Waals surface area contributed by atoms with Crippen LogP contribution in [0.25, 0.3) is 0 Å². The Morgan fingerprint density at radius 2 is 2.24 bits per heavy atom. The summed E-state index contributed by atoms with van der Waals surface area (Å²) in [6, 6.07) is 0. The average Bonchev–Trinajstić information content (AvgIpc) is 2.29. The van der Waals surface area contributed by atoms with Gasteiger partial charge in [-0.05, 0) is 32.1 Å². The van der Waals surface area contributed by atoms with E-state index < -0.39 is 5.97 Å². The molecular weight excluding hydrogens is 231 g/mol. The summed E-state index contributed by atoms with van der Waals surface area (Å²) in [5.74, 6) is 4.68. The largest absolute Gasteiger partial charge is 1.00 e. The molecule has 0 bridgehead atoms. The Morgan fingerprint density at radius 1 is 1.41 bits per heavy atom. The second-order valence-corrected chi connectivity index (χ2v) is 3.69. The van der Waals surface area contributed by atoms with Gasteiger partial charge in [-0.2, -0.15) is 0 Å². The Morgan fingerprint density at radius 3 is 2.88 bits per heavy atom. The summed E-state index contributed by atoms with van der Waals surface area (Å²) in [6.45, 7) is 1.12. The Labute approximate surface area is 124 Å². The molecule has 1 heterocycles. The Kier molecular flexibility index (Phi) is 11.0. The second kappa shape index (κ2) is 11.1. The fourth-order valence-corrected chi connectivity index (χ4v) is 1.44. The molecule has 1 atom stereocenters. The van der Waals surface area contributed by atoms with Crippen LogP contribution in [0.4, 0.5) is 0 Å². The van der Waals surface area contributed by atoms with Gasteiger partial charge in [0.05, 0.1) is 0 Å². The third-order valence-electron chi connectivity index (χ3n) is 2.29. The number of ether oxygens (including phenoxy) is 2. The summed E-state index contributed by atoms with van der Waals surface area (Å²) < 4.78 is 10.7. The summed E-state index contributed by atoms with van der Waals surface area (Å²) in [5.41, 5.74) is 0. The Balaban J connectivity index is 0.00000256. The third kappa shape index (κ3) is 9.63. The molecule has 0 aliphatic carbocycles. The fraction of sp³-hybridized carbons (Fsp3) is 0.750. The first-order valence-corrected chi connectivity index (χ1v) is 5.68. The molecular formula is C12H17NaO4. The fourth-order valence-electron chi connectivity index (χ4n) is 1.44. The van der Waals surface area contributed by atoms with Crippen molar-refractivity contribution in [3.05, 3.63) is 0 Å². The van der Waals surface area contributed by atoms with Crippen LogP contribution >= 0.6 is 0 Å². The molecule has 90 valence electrons. The number of hydrogen-bond donors (Lipinski definition) is 0. The van der Waals surface area contributed by atoms with Gasteiger partial charge in [-0.25, -0.2) is 0 Å². The number of carboxylic acids is 1. The molecule has 17 heavy (non-hydrogen) atoms. The van der Waals surface area contributed by atoms with Gasteiger partial charge in [-0.1, -0.05) is 5.92 Å². The summed E-state index contributed by atoms with van der Waals surface area (Å²) in [6.07, 6.45) is 4.26. The van der Waals surface area contributed by atoms with Crippen molar-refractivity contribution in [2.45, 2.75) is 44.8 Å². The van der Waals surface area contributed by atoms with Crippen molar-refractivity contribution >= 4 is 5.97 Å². The molecule has 0 N–H and O–H groups in total. The maximum atomic E-state index is 10.1. The van der Waals surface area contributed by atoms with Crippen LogP contribution in [0.3, 0.4) is 0 Å². The van der Waals surface area contributed by atoms with Crippen molar-refractivity contribution in [1.82, 2.24) is 0 Å². The number of unbranched alkanes of at least 4 members (excludes halogenated alkanes) is 1. The zero-order valence-corrected chi connectivity index (χ0v) is 12.4. The monoisotopic (exact) mass is 248 g/mol. The predicted octanol–water partition coefficient (Wildman–Crippen LogP) is -2.54. The quantitative estimate of drug-likeness (QED) is 0.305. The van der Waals surface area contributed by atoms with Crippen molar-refractivity contribution < 1.29 is 48.9 Å². The smallest absolute Gasteiger partial charge is 0.550 e. The van der Waals surface area contributed by atoms with Crippen LogP contribution in [0.1, 0.15) is 38.5 Å². The van der Waals surface area contributed by atoms with Crippen LogP contribution in [0.5, 0.6) is 0 Å². The van der Waals surface area contributed by atoms with Gasteiger partial charge in [0.25, 0.3) is 0 Å². The first kappa shape index (κ1) is 16.9. The number of carbonyl (C=O) groups excluding carboxylic acids is 1. The van der Waals surface area contributed by atoms with Gasteiger partial charge < -0.3 is 19.4 Å². The minimum atomic E-state index is -1.02. The first-order chi connectivity index (χ1) is 7.79. The summed E-state index contributed by atoms with van der Waals surface area (Å²) in [5, 5.41) is 10.1. The number of carboxylic acid groups (broad SMARTS) is 1. The molecule has 1 fully saturated rings. The van der Waals surface area contributed by atoms with E-state index >= 15 is 0 Å². The Hall–Kier alpha value is -0.0500. The van der Waals surface area contributed by atoms with Gasteiger partial charge in [0.1, 0.15) is 6.61 Å². The van der Waals surface area contributed by atoms with Crippen molar-refractivity contribution in [3.8, 4) is 11.8 Å². The maximum absolute atomic E-state index is 10.1. The number of carbonyl (C=O) groups is 1. The molecule has 1 saturated heterocycles. The minimum absolute atomic E-state index is 0. The molecule has 1 rings (SSSR count). The van der Waals surface area contributed by atoms with Crippen molar-refractivity contribution in [1.29, 1.82) is 0 Å². The summed E-state index contributed by atoms with van der Waals surface area (Å²) >= 11 is 0. The van der Waals surface area contributed by atoms with E-state index in [1.807, 2.05) is 0 Å². The molecule has 1 aliphatic heterocycles. The van der Waals surface area contributed by atoms with E-state index in [9.17, 15) is 9.90 Å². The van der Waals surface area contributed by atoms with Crippen molar-refractivity contribution in [3.63, 3.8) is 0 Å². The van der Waals surface area contributed by atoms with Gasteiger partial charge in [0.15, 0.2) is 6.29 Å². The average molecular weight is 248 g/mol. The van der Waals surface area contributed by atoms with E-state index in [0.29, 0.717) is 19.4 Å². The molecule has 0 amide bonds. The summed E-state index contributed by atoms with van der Waals surface area (Å²) in [7, 11) is 0. The van der Waals surface area contributed by atoms with E-state index in [0.717, 1.165) is 25.9 Å². The zero-order valence-electron chi connectivity index (χ0n) is 10.4. The molecule has 0 aromatic carbocycles. The standard InChI is InChI=1S/C12H18O4.Na/c13-11(14)7-3-1-2-5-9-15-12-8-4-6-10-16-12;/h12H,1,3-4,6-10H2,(H,13,14);/q;+1/p-1. The van der Waals surface area contributed by atoms with E-state index in [4.69, 9.17) is 9.47 Å². The van der Waals surface area contributed by atoms with Gasteiger partial charge in [0, 0.05) is 19.0 Å². The van der Waals surface area contributed by atoms with Crippen LogP contribution in [0.15, 0.2) is 0 Å². The minimum Gasteiger partial charge on any atom is -0.550 e. The molecule has 0 saturated carbocycles. The van der Waals surface area contributed by atoms with E-state index in [1.54, 1.807) is 0 Å². The van der Waals surface area contributed by atoms with Crippen molar-refractivity contribution in [2.75, 3.05) is 13.2 Å². The predicted molar refractivity (Wildman–Crippen MR) is 56.2 cm³/mol. The number of hydrogen-bond acceptors (Lipinski definition) is 4. The topological polar surface area (TPSA) is 58.6 Å². The van der Waals surface area contributed by atoms with Crippen LogP contribution in [-0.4, -0.2) is 25.5 Å². The van der Waals surface area contributed by atoms with E-state index in [1.165, 1.54) is 0 Å². The van der Waals surface area contributed by atoms with Crippen LogP contribution in [0.2, 0.25) is 0 Å². The van der Waals surface area contributed by atoms with Gasteiger partial charge >= 0.3 is 29.6 Å². The molecule has 0 aromatic heterocycles. The third-order valence-corrected chi connectivity index (χ3v) is 2.29. The molecule has 4 nitrogen and oxygen atoms in total. The molecule has 0 spiro atoms. The molecule has 1 unspecified atom stereocenters. The van der Waals surface area contributed by atoms with Gasteiger partial charge in [-0.15, -0.1) is 5.92 Å².